The highest BCUT2D eigenvalue weighted by molar-refractivity contribution is 5.88. The summed E-state index contributed by atoms with van der Waals surface area (Å²) in [7, 11) is 0. The van der Waals surface area contributed by atoms with Crippen LogP contribution in [-0.2, 0) is 17.8 Å². The van der Waals surface area contributed by atoms with Crippen molar-refractivity contribution >= 4 is 5.78 Å². The molecule has 1 rings (SSSR count). The Balaban J connectivity index is 2.74. The van der Waals surface area contributed by atoms with Gasteiger partial charge in [0, 0.05) is 18.9 Å². The number of aromatic nitrogens is 2. The molecule has 0 atom stereocenters. The van der Waals surface area contributed by atoms with Crippen LogP contribution in [0, 0.1) is 0 Å². The Morgan fingerprint density at radius 3 is 2.79 bits per heavy atom. The predicted octanol–water partition coefficient (Wildman–Crippen LogP) is 0.752. The molecule has 0 aromatic carbocycles. The number of carbonyl (C=O) groups excluding carboxylic acids is 1. The lowest BCUT2D eigenvalue weighted by atomic mass is 9.98. The maximum Gasteiger partial charge on any atom is 0.159 e. The SMILES string of the molecule is CCn1ccnc1CC(=O)C(C)(C)N. The minimum Gasteiger partial charge on any atom is -0.335 e. The van der Waals surface area contributed by atoms with Crippen LogP contribution < -0.4 is 5.73 Å². The molecule has 0 aliphatic carbocycles. The second kappa shape index (κ2) is 3.92. The first-order valence-electron chi connectivity index (χ1n) is 4.77. The van der Waals surface area contributed by atoms with Crippen LogP contribution in [0.3, 0.4) is 0 Å². The van der Waals surface area contributed by atoms with Crippen LogP contribution in [0.5, 0.6) is 0 Å². The van der Waals surface area contributed by atoms with Crippen LogP contribution in [0.25, 0.3) is 0 Å². The molecule has 1 aromatic rings. The van der Waals surface area contributed by atoms with E-state index in [1.807, 2.05) is 17.7 Å². The molecular weight excluding hydrogens is 178 g/mol. The summed E-state index contributed by atoms with van der Waals surface area (Å²) in [4.78, 5) is 15.7. The molecular formula is C10H17N3O. The second-order valence-corrected chi connectivity index (χ2v) is 3.95. The number of nitrogens with two attached hydrogens (primary N) is 1. The minimum atomic E-state index is -0.773. The third-order valence-electron chi connectivity index (χ3n) is 2.18. The number of aryl methyl sites for hydroxylation is 1. The van der Waals surface area contributed by atoms with Crippen LogP contribution in [0.4, 0.5) is 0 Å². The lowest BCUT2D eigenvalue weighted by Gasteiger charge is -2.16. The maximum absolute atomic E-state index is 11.6. The maximum atomic E-state index is 11.6. The van der Waals surface area contributed by atoms with E-state index in [0.717, 1.165) is 12.4 Å². The van der Waals surface area contributed by atoms with Crippen molar-refractivity contribution in [2.75, 3.05) is 0 Å². The number of ketones is 1. The highest BCUT2D eigenvalue weighted by atomic mass is 16.1. The molecule has 1 heterocycles. The van der Waals surface area contributed by atoms with E-state index in [9.17, 15) is 4.79 Å². The van der Waals surface area contributed by atoms with E-state index in [0.29, 0.717) is 6.42 Å². The van der Waals surface area contributed by atoms with Gasteiger partial charge in [-0.3, -0.25) is 4.79 Å². The molecule has 0 radical (unpaired) electrons. The largest absolute Gasteiger partial charge is 0.335 e. The molecule has 0 saturated carbocycles. The van der Waals surface area contributed by atoms with Crippen LogP contribution in [0.1, 0.15) is 26.6 Å². The lowest BCUT2D eigenvalue weighted by molar-refractivity contribution is -0.122. The molecule has 4 heteroatoms. The highest BCUT2D eigenvalue weighted by Crippen LogP contribution is 2.06. The number of nitrogens with zero attached hydrogens (tertiary/aromatic N) is 2. The monoisotopic (exact) mass is 195 g/mol. The molecule has 0 fully saturated rings. The van der Waals surface area contributed by atoms with E-state index in [1.165, 1.54) is 0 Å². The number of imidazole rings is 1. The van der Waals surface area contributed by atoms with Gasteiger partial charge < -0.3 is 10.3 Å². The van der Waals surface area contributed by atoms with Crippen molar-refractivity contribution in [3.8, 4) is 0 Å². The van der Waals surface area contributed by atoms with E-state index in [2.05, 4.69) is 4.98 Å². The van der Waals surface area contributed by atoms with Gasteiger partial charge in [-0.15, -0.1) is 0 Å². The number of hydrogen-bond acceptors (Lipinski definition) is 3. The average molecular weight is 195 g/mol. The van der Waals surface area contributed by atoms with E-state index in [-0.39, 0.29) is 5.78 Å². The van der Waals surface area contributed by atoms with Gasteiger partial charge >= 0.3 is 0 Å². The quantitative estimate of drug-likeness (QED) is 0.771. The number of carbonyl (C=O) groups is 1. The Morgan fingerprint density at radius 2 is 2.29 bits per heavy atom. The molecule has 1 aromatic heterocycles. The molecule has 4 nitrogen and oxygen atoms in total. The first kappa shape index (κ1) is 10.9. The summed E-state index contributed by atoms with van der Waals surface area (Å²) < 4.78 is 1.95. The van der Waals surface area contributed by atoms with Gasteiger partial charge in [-0.05, 0) is 20.8 Å². The number of Topliss-reactive ketones (excluding diaryl/α,β-unsaturated/α-hetero) is 1. The van der Waals surface area contributed by atoms with Crippen LogP contribution in [0.2, 0.25) is 0 Å². The van der Waals surface area contributed by atoms with Gasteiger partial charge in [0.15, 0.2) is 5.78 Å². The third-order valence-corrected chi connectivity index (χ3v) is 2.18. The fraction of sp³-hybridized carbons (Fsp3) is 0.600. The Morgan fingerprint density at radius 1 is 1.64 bits per heavy atom. The van der Waals surface area contributed by atoms with Crippen molar-refractivity contribution in [1.29, 1.82) is 0 Å². The molecule has 2 N–H and O–H groups in total. The van der Waals surface area contributed by atoms with Crippen LogP contribution in [-0.4, -0.2) is 20.9 Å². The zero-order chi connectivity index (χ0) is 10.8. The van der Waals surface area contributed by atoms with Gasteiger partial charge in [-0.25, -0.2) is 4.98 Å². The Labute approximate surface area is 84.1 Å². The van der Waals surface area contributed by atoms with Crippen molar-refractivity contribution < 1.29 is 4.79 Å². The van der Waals surface area contributed by atoms with Gasteiger partial charge in [0.1, 0.15) is 5.82 Å². The van der Waals surface area contributed by atoms with Crippen LogP contribution >= 0.6 is 0 Å². The van der Waals surface area contributed by atoms with Gasteiger partial charge in [-0.1, -0.05) is 0 Å². The zero-order valence-electron chi connectivity index (χ0n) is 8.95. The minimum absolute atomic E-state index is 0.0124. The van der Waals surface area contributed by atoms with Crippen molar-refractivity contribution in [2.24, 2.45) is 5.73 Å². The fourth-order valence-electron chi connectivity index (χ4n) is 1.17. The van der Waals surface area contributed by atoms with Crippen molar-refractivity contribution in [2.45, 2.75) is 39.3 Å². The molecule has 14 heavy (non-hydrogen) atoms. The summed E-state index contributed by atoms with van der Waals surface area (Å²) in [6, 6.07) is 0. The van der Waals surface area contributed by atoms with Crippen molar-refractivity contribution in [1.82, 2.24) is 9.55 Å². The second-order valence-electron chi connectivity index (χ2n) is 3.95. The third kappa shape index (κ3) is 2.42. The fourth-order valence-corrected chi connectivity index (χ4v) is 1.17. The standard InChI is InChI=1S/C10H17N3O/c1-4-13-6-5-12-9(13)7-8(14)10(2,3)11/h5-6H,4,7,11H2,1-3H3. The van der Waals surface area contributed by atoms with Crippen molar-refractivity contribution in [3.63, 3.8) is 0 Å². The summed E-state index contributed by atoms with van der Waals surface area (Å²) >= 11 is 0. The molecule has 0 saturated heterocycles. The molecule has 78 valence electrons. The summed E-state index contributed by atoms with van der Waals surface area (Å²) in [6.45, 7) is 6.28. The Hall–Kier alpha value is -1.16. The number of hydrogen-bond donors (Lipinski definition) is 1. The average Bonchev–Trinajstić information content (AvgIpc) is 2.50. The Kier molecular flexibility index (Phi) is 3.06. The smallest absolute Gasteiger partial charge is 0.159 e. The summed E-state index contributed by atoms with van der Waals surface area (Å²) in [5.74, 6) is 0.800. The van der Waals surface area contributed by atoms with Gasteiger partial charge in [0.25, 0.3) is 0 Å². The molecule has 0 aliphatic heterocycles. The van der Waals surface area contributed by atoms with Gasteiger partial charge in [-0.2, -0.15) is 0 Å². The lowest BCUT2D eigenvalue weighted by Crippen LogP contribution is -2.42. The highest BCUT2D eigenvalue weighted by Gasteiger charge is 2.23. The molecule has 0 aliphatic rings. The first-order chi connectivity index (χ1) is 6.45. The topological polar surface area (TPSA) is 60.9 Å². The number of rotatable bonds is 4. The van der Waals surface area contributed by atoms with E-state index < -0.39 is 5.54 Å². The predicted molar refractivity (Wildman–Crippen MR) is 54.9 cm³/mol. The van der Waals surface area contributed by atoms with Gasteiger partial charge in [0.2, 0.25) is 0 Å². The molecule has 0 spiro atoms. The van der Waals surface area contributed by atoms with E-state index in [1.54, 1.807) is 20.0 Å². The Bertz CT molecular complexity index is 322. The molecule has 0 bridgehead atoms. The normalized spacial score (nSPS) is 11.7. The molecule has 0 unspecified atom stereocenters. The van der Waals surface area contributed by atoms with E-state index >= 15 is 0 Å². The summed E-state index contributed by atoms with van der Waals surface area (Å²) in [6.07, 6.45) is 3.88. The van der Waals surface area contributed by atoms with Crippen molar-refractivity contribution in [3.05, 3.63) is 18.2 Å². The molecule has 0 amide bonds. The van der Waals surface area contributed by atoms with Crippen LogP contribution in [0.15, 0.2) is 12.4 Å². The van der Waals surface area contributed by atoms with Gasteiger partial charge in [0.05, 0.1) is 12.0 Å². The summed E-state index contributed by atoms with van der Waals surface area (Å²) in [5.41, 5.74) is 4.93. The summed E-state index contributed by atoms with van der Waals surface area (Å²) in [5, 5.41) is 0. The van der Waals surface area contributed by atoms with E-state index in [4.69, 9.17) is 5.73 Å². The first-order valence-corrected chi connectivity index (χ1v) is 4.77. The zero-order valence-corrected chi connectivity index (χ0v) is 8.95.